The number of halogens is 1. The van der Waals surface area contributed by atoms with Gasteiger partial charge in [-0.25, -0.2) is 4.98 Å². The molecule has 0 radical (unpaired) electrons. The van der Waals surface area contributed by atoms with E-state index >= 15 is 0 Å². The molecular formula is C13H20BrN3O. The Bertz CT molecular complexity index is 419. The summed E-state index contributed by atoms with van der Waals surface area (Å²) in [5.74, 6) is 0.945. The van der Waals surface area contributed by atoms with Crippen molar-refractivity contribution < 1.29 is 4.79 Å². The van der Waals surface area contributed by atoms with Gasteiger partial charge in [0.1, 0.15) is 5.82 Å². The van der Waals surface area contributed by atoms with Crippen LogP contribution >= 0.6 is 15.9 Å². The van der Waals surface area contributed by atoms with Crippen LogP contribution in [0.4, 0.5) is 5.82 Å². The van der Waals surface area contributed by atoms with E-state index in [0.29, 0.717) is 6.54 Å². The first kappa shape index (κ1) is 15.0. The fourth-order valence-corrected chi connectivity index (χ4v) is 1.92. The summed E-state index contributed by atoms with van der Waals surface area (Å²) < 4.78 is 0.981. The Labute approximate surface area is 117 Å². The molecular weight excluding hydrogens is 294 g/mol. The fourth-order valence-electron chi connectivity index (χ4n) is 1.70. The highest BCUT2D eigenvalue weighted by Gasteiger charge is 2.13. The summed E-state index contributed by atoms with van der Waals surface area (Å²) in [5, 5.41) is 0. The van der Waals surface area contributed by atoms with Crippen molar-refractivity contribution in [1.29, 1.82) is 0 Å². The molecule has 0 aliphatic carbocycles. The Morgan fingerprint density at radius 3 is 2.44 bits per heavy atom. The number of anilines is 1. The lowest BCUT2D eigenvalue weighted by molar-refractivity contribution is -0.129. The molecule has 1 aromatic rings. The monoisotopic (exact) mass is 313 g/mol. The van der Waals surface area contributed by atoms with E-state index in [4.69, 9.17) is 0 Å². The van der Waals surface area contributed by atoms with Crippen LogP contribution in [0.15, 0.2) is 16.6 Å². The van der Waals surface area contributed by atoms with Crippen LogP contribution in [0.1, 0.15) is 19.5 Å². The van der Waals surface area contributed by atoms with Crippen LogP contribution in [0.2, 0.25) is 0 Å². The number of pyridine rings is 1. The van der Waals surface area contributed by atoms with Gasteiger partial charge in [-0.2, -0.15) is 0 Å². The Kier molecular flexibility index (Phi) is 5.59. The molecule has 1 amide bonds. The zero-order valence-electron chi connectivity index (χ0n) is 11.4. The topological polar surface area (TPSA) is 36.4 Å². The highest BCUT2D eigenvalue weighted by molar-refractivity contribution is 9.10. The van der Waals surface area contributed by atoms with Gasteiger partial charge in [0.25, 0.3) is 0 Å². The Morgan fingerprint density at radius 1 is 1.33 bits per heavy atom. The first-order valence-corrected chi connectivity index (χ1v) is 6.90. The molecule has 0 N–H and O–H groups in total. The molecule has 18 heavy (non-hydrogen) atoms. The smallest absolute Gasteiger partial charge is 0.242 e. The predicted molar refractivity (Wildman–Crippen MR) is 77.9 cm³/mol. The lowest BCUT2D eigenvalue weighted by Crippen LogP contribution is -2.39. The molecule has 0 saturated carbocycles. The second-order valence-corrected chi connectivity index (χ2v) is 5.01. The average molecular weight is 314 g/mol. The van der Waals surface area contributed by atoms with Crippen molar-refractivity contribution in [3.63, 3.8) is 0 Å². The van der Waals surface area contributed by atoms with Gasteiger partial charge in [0, 0.05) is 24.6 Å². The Balaban J connectivity index is 2.73. The van der Waals surface area contributed by atoms with Crippen LogP contribution < -0.4 is 4.90 Å². The van der Waals surface area contributed by atoms with E-state index in [1.807, 2.05) is 49.8 Å². The van der Waals surface area contributed by atoms with Gasteiger partial charge >= 0.3 is 0 Å². The molecule has 0 atom stereocenters. The van der Waals surface area contributed by atoms with E-state index in [0.717, 1.165) is 29.1 Å². The van der Waals surface area contributed by atoms with Crippen LogP contribution in [0.3, 0.4) is 0 Å². The maximum Gasteiger partial charge on any atom is 0.242 e. The van der Waals surface area contributed by atoms with Crippen molar-refractivity contribution in [3.05, 3.63) is 22.3 Å². The molecule has 0 aromatic carbocycles. The van der Waals surface area contributed by atoms with Gasteiger partial charge in [-0.3, -0.25) is 4.79 Å². The number of hydrogen-bond donors (Lipinski definition) is 0. The third-order valence-electron chi connectivity index (χ3n) is 2.89. The van der Waals surface area contributed by atoms with Crippen molar-refractivity contribution >= 4 is 27.7 Å². The van der Waals surface area contributed by atoms with Gasteiger partial charge in [-0.1, -0.05) is 0 Å². The molecule has 4 nitrogen and oxygen atoms in total. The SMILES string of the molecule is CCN(CC)C(=O)CN(C)c1ccc(Br)c(C)n1. The summed E-state index contributed by atoms with van der Waals surface area (Å²) in [7, 11) is 1.89. The zero-order valence-corrected chi connectivity index (χ0v) is 13.0. The lowest BCUT2D eigenvalue weighted by atomic mass is 10.3. The van der Waals surface area contributed by atoms with Gasteiger partial charge in [-0.05, 0) is 48.8 Å². The molecule has 0 spiro atoms. The Morgan fingerprint density at radius 2 is 1.94 bits per heavy atom. The number of carbonyl (C=O) groups excluding carboxylic acids is 1. The maximum atomic E-state index is 12.0. The summed E-state index contributed by atoms with van der Waals surface area (Å²) >= 11 is 3.42. The minimum Gasteiger partial charge on any atom is -0.350 e. The summed E-state index contributed by atoms with van der Waals surface area (Å²) in [6, 6.07) is 3.86. The molecule has 100 valence electrons. The predicted octanol–water partition coefficient (Wildman–Crippen LogP) is 2.46. The fraction of sp³-hybridized carbons (Fsp3) is 0.538. The molecule has 0 aliphatic rings. The summed E-state index contributed by atoms with van der Waals surface area (Å²) in [5.41, 5.74) is 0.926. The highest BCUT2D eigenvalue weighted by atomic mass is 79.9. The number of carbonyl (C=O) groups is 1. The molecule has 1 aromatic heterocycles. The molecule has 1 heterocycles. The normalized spacial score (nSPS) is 10.3. The van der Waals surface area contributed by atoms with Crippen molar-refractivity contribution in [2.24, 2.45) is 0 Å². The quantitative estimate of drug-likeness (QED) is 0.838. The van der Waals surface area contributed by atoms with Crippen LogP contribution in [-0.2, 0) is 4.79 Å². The minimum atomic E-state index is 0.130. The molecule has 5 heteroatoms. The largest absolute Gasteiger partial charge is 0.350 e. The van der Waals surface area contributed by atoms with E-state index in [2.05, 4.69) is 20.9 Å². The van der Waals surface area contributed by atoms with E-state index in [1.165, 1.54) is 0 Å². The third-order valence-corrected chi connectivity index (χ3v) is 3.72. The number of aryl methyl sites for hydroxylation is 1. The summed E-state index contributed by atoms with van der Waals surface area (Å²) in [4.78, 5) is 20.1. The van der Waals surface area contributed by atoms with E-state index in [-0.39, 0.29) is 5.91 Å². The van der Waals surface area contributed by atoms with Crippen LogP contribution in [-0.4, -0.2) is 42.5 Å². The lowest BCUT2D eigenvalue weighted by Gasteiger charge is -2.24. The summed E-state index contributed by atoms with van der Waals surface area (Å²) in [6.45, 7) is 7.77. The van der Waals surface area contributed by atoms with Crippen molar-refractivity contribution in [3.8, 4) is 0 Å². The average Bonchev–Trinajstić information content (AvgIpc) is 2.34. The summed E-state index contributed by atoms with van der Waals surface area (Å²) in [6.07, 6.45) is 0. The van der Waals surface area contributed by atoms with Crippen molar-refractivity contribution in [1.82, 2.24) is 9.88 Å². The van der Waals surface area contributed by atoms with Crippen molar-refractivity contribution in [2.45, 2.75) is 20.8 Å². The minimum absolute atomic E-state index is 0.130. The first-order chi connectivity index (χ1) is 8.49. The van der Waals surface area contributed by atoms with E-state index in [9.17, 15) is 4.79 Å². The van der Waals surface area contributed by atoms with Gasteiger partial charge < -0.3 is 9.80 Å². The number of nitrogens with zero attached hydrogens (tertiary/aromatic N) is 3. The number of likely N-dealkylation sites (N-methyl/N-ethyl adjacent to an activating group) is 2. The molecule has 0 fully saturated rings. The second kappa shape index (κ2) is 6.73. The molecule has 1 rings (SSSR count). The maximum absolute atomic E-state index is 12.0. The van der Waals surface area contributed by atoms with Crippen molar-refractivity contribution in [2.75, 3.05) is 31.6 Å². The molecule has 0 aliphatic heterocycles. The number of rotatable bonds is 5. The Hall–Kier alpha value is -1.10. The van der Waals surface area contributed by atoms with Gasteiger partial charge in [0.15, 0.2) is 0 Å². The van der Waals surface area contributed by atoms with E-state index in [1.54, 1.807) is 0 Å². The number of amides is 1. The third kappa shape index (κ3) is 3.70. The number of aromatic nitrogens is 1. The molecule has 0 bridgehead atoms. The highest BCUT2D eigenvalue weighted by Crippen LogP contribution is 2.18. The van der Waals surface area contributed by atoms with Crippen LogP contribution in [0.25, 0.3) is 0 Å². The van der Waals surface area contributed by atoms with Crippen LogP contribution in [0, 0.1) is 6.92 Å². The standard InChI is InChI=1S/C13H20BrN3O/c1-5-17(6-2)13(18)9-16(4)12-8-7-11(14)10(3)15-12/h7-8H,5-6,9H2,1-4H3. The molecule has 0 saturated heterocycles. The van der Waals surface area contributed by atoms with E-state index < -0.39 is 0 Å². The van der Waals surface area contributed by atoms with Gasteiger partial charge in [0.05, 0.1) is 12.2 Å². The van der Waals surface area contributed by atoms with Gasteiger partial charge in [-0.15, -0.1) is 0 Å². The van der Waals surface area contributed by atoms with Gasteiger partial charge in [0.2, 0.25) is 5.91 Å². The van der Waals surface area contributed by atoms with Crippen LogP contribution in [0.5, 0.6) is 0 Å². The second-order valence-electron chi connectivity index (χ2n) is 4.16. The zero-order chi connectivity index (χ0) is 13.7. The molecule has 0 unspecified atom stereocenters. The number of hydrogen-bond acceptors (Lipinski definition) is 3. The first-order valence-electron chi connectivity index (χ1n) is 6.11.